The maximum Gasteiger partial charge on any atom is 0.356 e. The monoisotopic (exact) mass is 371 g/mol. The molecule has 1 N–H and O–H groups in total. The van der Waals surface area contributed by atoms with Gasteiger partial charge in [0.2, 0.25) is 6.10 Å². The van der Waals surface area contributed by atoms with Gasteiger partial charge in [0.15, 0.2) is 0 Å². The van der Waals surface area contributed by atoms with Crippen LogP contribution in [-0.2, 0) is 16.6 Å². The van der Waals surface area contributed by atoms with Gasteiger partial charge in [-0.15, -0.1) is 11.3 Å². The average Bonchev–Trinajstić information content (AvgIpc) is 3.15. The molecule has 1 atom stereocenters. The lowest BCUT2D eigenvalue weighted by Crippen LogP contribution is -2.44. The number of aromatic nitrogens is 2. The number of rotatable bonds is 4. The van der Waals surface area contributed by atoms with E-state index in [-0.39, 0.29) is 5.91 Å². The Kier molecular flexibility index (Phi) is 4.82. The van der Waals surface area contributed by atoms with Crippen LogP contribution >= 0.6 is 11.3 Å². The van der Waals surface area contributed by atoms with Gasteiger partial charge in [-0.3, -0.25) is 9.78 Å². The minimum absolute atomic E-state index is 0.380. The highest BCUT2D eigenvalue weighted by Crippen LogP contribution is 2.26. The van der Waals surface area contributed by atoms with Crippen molar-refractivity contribution in [1.82, 2.24) is 14.9 Å². The minimum atomic E-state index is -1.07. The number of nitrogens with zero attached hydrogens (tertiary/aromatic N) is 2. The standard InChI is InChI=1S/C19H21N3O3S/c1-19(2,3)21-17(23)16(12-6-5-8-20-11-12)25-18(24)14-10-15-13(22(14)4)7-9-26-15/h5-11,16H,1-4H3,(H,21,23)/t16-/m0/s1. The zero-order chi connectivity index (χ0) is 18.9. The first kappa shape index (κ1) is 18.1. The normalized spacial score (nSPS) is 12.8. The summed E-state index contributed by atoms with van der Waals surface area (Å²) in [4.78, 5) is 29.5. The quantitative estimate of drug-likeness (QED) is 0.713. The van der Waals surface area contributed by atoms with Gasteiger partial charge < -0.3 is 14.6 Å². The summed E-state index contributed by atoms with van der Waals surface area (Å²) in [6, 6.07) is 7.15. The number of thiophene rings is 1. The molecule has 1 amide bonds. The van der Waals surface area contributed by atoms with Crippen LogP contribution in [0.3, 0.4) is 0 Å². The van der Waals surface area contributed by atoms with E-state index in [0.29, 0.717) is 11.3 Å². The van der Waals surface area contributed by atoms with E-state index < -0.39 is 17.6 Å². The van der Waals surface area contributed by atoms with E-state index in [1.54, 1.807) is 47.3 Å². The summed E-state index contributed by atoms with van der Waals surface area (Å²) < 4.78 is 8.37. The number of hydrogen-bond donors (Lipinski definition) is 1. The van der Waals surface area contributed by atoms with Gasteiger partial charge in [0, 0.05) is 30.5 Å². The van der Waals surface area contributed by atoms with Crippen molar-refractivity contribution >= 4 is 33.4 Å². The molecule has 136 valence electrons. The van der Waals surface area contributed by atoms with Gasteiger partial charge in [0.1, 0.15) is 5.69 Å². The number of fused-ring (bicyclic) bond motifs is 1. The third-order valence-electron chi connectivity index (χ3n) is 3.82. The van der Waals surface area contributed by atoms with Gasteiger partial charge >= 0.3 is 5.97 Å². The van der Waals surface area contributed by atoms with Gasteiger partial charge in [-0.05, 0) is 44.4 Å². The third-order valence-corrected chi connectivity index (χ3v) is 4.67. The Morgan fingerprint density at radius 2 is 2.08 bits per heavy atom. The molecule has 3 heterocycles. The van der Waals surface area contributed by atoms with Crippen LogP contribution < -0.4 is 5.32 Å². The Bertz CT molecular complexity index is 938. The van der Waals surface area contributed by atoms with E-state index in [1.807, 2.05) is 32.2 Å². The molecule has 0 aliphatic heterocycles. The summed E-state index contributed by atoms with van der Waals surface area (Å²) in [6.45, 7) is 5.62. The molecule has 0 fully saturated rings. The molecule has 0 spiro atoms. The average molecular weight is 371 g/mol. The summed E-state index contributed by atoms with van der Waals surface area (Å²) in [5.41, 5.74) is 1.44. The van der Waals surface area contributed by atoms with Crippen molar-refractivity contribution in [2.24, 2.45) is 7.05 Å². The van der Waals surface area contributed by atoms with E-state index >= 15 is 0 Å². The highest BCUT2D eigenvalue weighted by molar-refractivity contribution is 7.17. The Labute approximate surface area is 155 Å². The predicted octanol–water partition coefficient (Wildman–Crippen LogP) is 3.45. The van der Waals surface area contributed by atoms with Crippen LogP contribution in [0.25, 0.3) is 10.2 Å². The summed E-state index contributed by atoms with van der Waals surface area (Å²) in [6.07, 6.45) is 2.07. The van der Waals surface area contributed by atoms with E-state index in [4.69, 9.17) is 4.74 Å². The Morgan fingerprint density at radius 3 is 2.69 bits per heavy atom. The number of nitrogens with one attached hydrogen (secondary N) is 1. The van der Waals surface area contributed by atoms with Crippen molar-refractivity contribution in [2.75, 3.05) is 0 Å². The lowest BCUT2D eigenvalue weighted by atomic mass is 10.1. The maximum atomic E-state index is 12.7. The number of aryl methyl sites for hydroxylation is 1. The Morgan fingerprint density at radius 1 is 1.31 bits per heavy atom. The summed E-state index contributed by atoms with van der Waals surface area (Å²) in [5, 5.41) is 4.83. The van der Waals surface area contributed by atoms with Crippen molar-refractivity contribution in [3.8, 4) is 0 Å². The molecule has 0 saturated carbocycles. The second kappa shape index (κ2) is 6.92. The molecule has 0 aliphatic carbocycles. The Hall–Kier alpha value is -2.67. The molecule has 0 bridgehead atoms. The van der Waals surface area contributed by atoms with E-state index in [1.165, 1.54) is 6.20 Å². The molecule has 0 radical (unpaired) electrons. The van der Waals surface area contributed by atoms with Crippen LogP contribution in [0.1, 0.15) is 42.9 Å². The first-order chi connectivity index (χ1) is 12.3. The number of esters is 1. The molecular formula is C19H21N3O3S. The van der Waals surface area contributed by atoms with Crippen molar-refractivity contribution in [3.05, 3.63) is 53.3 Å². The fourth-order valence-electron chi connectivity index (χ4n) is 2.65. The molecule has 0 aromatic carbocycles. The van der Waals surface area contributed by atoms with E-state index in [0.717, 1.165) is 10.2 Å². The highest BCUT2D eigenvalue weighted by Gasteiger charge is 2.29. The largest absolute Gasteiger partial charge is 0.443 e. The van der Waals surface area contributed by atoms with Crippen molar-refractivity contribution in [2.45, 2.75) is 32.4 Å². The molecule has 0 saturated heterocycles. The maximum absolute atomic E-state index is 12.7. The topological polar surface area (TPSA) is 73.2 Å². The minimum Gasteiger partial charge on any atom is -0.443 e. The van der Waals surface area contributed by atoms with Crippen molar-refractivity contribution in [3.63, 3.8) is 0 Å². The SMILES string of the molecule is Cn1c(C(=O)O[C@H](C(=O)NC(C)(C)C)c2cccnc2)cc2sccc21. The van der Waals surface area contributed by atoms with Crippen LogP contribution in [0.5, 0.6) is 0 Å². The first-order valence-electron chi connectivity index (χ1n) is 8.22. The molecule has 3 aromatic rings. The van der Waals surface area contributed by atoms with Gasteiger partial charge in [-0.1, -0.05) is 6.07 Å². The molecule has 0 unspecified atom stereocenters. The van der Waals surface area contributed by atoms with Crippen LogP contribution in [0.15, 0.2) is 42.0 Å². The van der Waals surface area contributed by atoms with Crippen LogP contribution in [0.4, 0.5) is 0 Å². The zero-order valence-electron chi connectivity index (χ0n) is 15.1. The molecule has 26 heavy (non-hydrogen) atoms. The number of ether oxygens (including phenoxy) is 1. The molecule has 3 aromatic heterocycles. The number of amides is 1. The summed E-state index contributed by atoms with van der Waals surface area (Å²) >= 11 is 1.55. The number of carbonyl (C=O) groups excluding carboxylic acids is 2. The molecular weight excluding hydrogens is 350 g/mol. The zero-order valence-corrected chi connectivity index (χ0v) is 16.0. The second-order valence-corrected chi connectivity index (χ2v) is 8.02. The highest BCUT2D eigenvalue weighted by atomic mass is 32.1. The second-order valence-electron chi connectivity index (χ2n) is 7.07. The molecule has 6 nitrogen and oxygen atoms in total. The van der Waals surface area contributed by atoms with E-state index in [2.05, 4.69) is 10.3 Å². The van der Waals surface area contributed by atoms with Gasteiger partial charge in [-0.25, -0.2) is 4.79 Å². The van der Waals surface area contributed by atoms with E-state index in [9.17, 15) is 9.59 Å². The van der Waals surface area contributed by atoms with Crippen LogP contribution in [0.2, 0.25) is 0 Å². The van der Waals surface area contributed by atoms with Crippen LogP contribution in [0, 0.1) is 0 Å². The lowest BCUT2D eigenvalue weighted by Gasteiger charge is -2.25. The van der Waals surface area contributed by atoms with Gasteiger partial charge in [0.25, 0.3) is 5.91 Å². The lowest BCUT2D eigenvalue weighted by molar-refractivity contribution is -0.131. The predicted molar refractivity (Wildman–Crippen MR) is 101 cm³/mol. The number of carbonyl (C=O) groups is 2. The van der Waals surface area contributed by atoms with Crippen LogP contribution in [-0.4, -0.2) is 27.0 Å². The molecule has 0 aliphatic rings. The first-order valence-corrected chi connectivity index (χ1v) is 9.10. The third kappa shape index (κ3) is 3.77. The molecule has 7 heteroatoms. The number of hydrogen-bond acceptors (Lipinski definition) is 5. The fourth-order valence-corrected chi connectivity index (χ4v) is 3.50. The molecule has 3 rings (SSSR count). The van der Waals surface area contributed by atoms with Crippen molar-refractivity contribution < 1.29 is 14.3 Å². The van der Waals surface area contributed by atoms with Gasteiger partial charge in [0.05, 0.1) is 10.2 Å². The smallest absolute Gasteiger partial charge is 0.356 e. The fraction of sp³-hybridized carbons (Fsp3) is 0.316. The van der Waals surface area contributed by atoms with Gasteiger partial charge in [-0.2, -0.15) is 0 Å². The summed E-state index contributed by atoms with van der Waals surface area (Å²) in [5.74, 6) is -0.927. The summed E-state index contributed by atoms with van der Waals surface area (Å²) in [7, 11) is 1.81. The Balaban J connectivity index is 1.89. The number of pyridine rings is 1. The van der Waals surface area contributed by atoms with Crippen molar-refractivity contribution in [1.29, 1.82) is 0 Å².